The van der Waals surface area contributed by atoms with Gasteiger partial charge in [0, 0.05) is 25.8 Å². The average Bonchev–Trinajstić information content (AvgIpc) is 2.96. The van der Waals surface area contributed by atoms with Crippen LogP contribution in [0.1, 0.15) is 5.69 Å². The summed E-state index contributed by atoms with van der Waals surface area (Å²) in [6.45, 7) is 0.652. The van der Waals surface area contributed by atoms with Gasteiger partial charge in [-0.25, -0.2) is 9.97 Å². The maximum absolute atomic E-state index is 5.43. The highest BCUT2D eigenvalue weighted by atomic mass is 79.9. The van der Waals surface area contributed by atoms with E-state index >= 15 is 0 Å². The Kier molecular flexibility index (Phi) is 3.94. The Morgan fingerprint density at radius 2 is 2.14 bits per heavy atom. The number of anilines is 1. The van der Waals surface area contributed by atoms with Crippen LogP contribution in [-0.2, 0) is 11.3 Å². The van der Waals surface area contributed by atoms with E-state index in [1.54, 1.807) is 7.11 Å². The number of benzene rings is 1. The molecule has 0 spiro atoms. The summed E-state index contributed by atoms with van der Waals surface area (Å²) in [4.78, 5) is 8.99. The molecular weight excluding hydrogens is 338 g/mol. The summed E-state index contributed by atoms with van der Waals surface area (Å²) in [5, 5.41) is 3.03. The molecule has 0 atom stereocenters. The molecule has 1 aromatic carbocycles. The van der Waals surface area contributed by atoms with E-state index in [-0.39, 0.29) is 6.79 Å². The Bertz CT molecular complexity index is 679. The van der Waals surface area contributed by atoms with Crippen molar-refractivity contribution >= 4 is 21.7 Å². The summed E-state index contributed by atoms with van der Waals surface area (Å²) in [5.74, 6) is 2.74. The lowest BCUT2D eigenvalue weighted by Crippen LogP contribution is -2.02. The number of hydrogen-bond donors (Lipinski definition) is 1. The second-order valence-corrected chi connectivity index (χ2v) is 5.30. The number of fused-ring (bicyclic) bond motifs is 1. The van der Waals surface area contributed by atoms with Crippen molar-refractivity contribution in [3.63, 3.8) is 0 Å². The van der Waals surface area contributed by atoms with Crippen LogP contribution in [0.4, 0.5) is 5.82 Å². The summed E-state index contributed by atoms with van der Waals surface area (Å²) in [7, 11) is 3.45. The molecule has 2 aromatic rings. The van der Waals surface area contributed by atoms with Crippen LogP contribution in [0.25, 0.3) is 11.4 Å². The quantitative estimate of drug-likeness (QED) is 0.913. The Hall–Kier alpha value is -1.86. The van der Waals surface area contributed by atoms with E-state index in [1.165, 1.54) is 0 Å². The summed E-state index contributed by atoms with van der Waals surface area (Å²) < 4.78 is 16.8. The van der Waals surface area contributed by atoms with E-state index in [0.717, 1.165) is 21.5 Å². The number of halogens is 1. The average molecular weight is 352 g/mol. The van der Waals surface area contributed by atoms with Crippen LogP contribution < -0.4 is 14.8 Å². The zero-order valence-corrected chi connectivity index (χ0v) is 13.2. The fourth-order valence-corrected chi connectivity index (χ4v) is 2.63. The smallest absolute Gasteiger partial charge is 0.231 e. The normalized spacial score (nSPS) is 12.5. The summed E-state index contributed by atoms with van der Waals surface area (Å²) >= 11 is 3.48. The van der Waals surface area contributed by atoms with Crippen molar-refractivity contribution in [3.8, 4) is 22.9 Å². The zero-order chi connectivity index (χ0) is 14.8. The molecule has 1 aromatic heterocycles. The lowest BCUT2D eigenvalue weighted by atomic mass is 10.2. The van der Waals surface area contributed by atoms with Crippen molar-refractivity contribution in [2.45, 2.75) is 6.61 Å². The molecule has 1 N–H and O–H groups in total. The van der Waals surface area contributed by atoms with E-state index in [0.29, 0.717) is 23.9 Å². The second-order valence-electron chi connectivity index (χ2n) is 4.44. The second kappa shape index (κ2) is 5.87. The first-order valence-corrected chi connectivity index (χ1v) is 7.14. The molecule has 1 aliphatic heterocycles. The predicted molar refractivity (Wildman–Crippen MR) is 81.6 cm³/mol. The van der Waals surface area contributed by atoms with Gasteiger partial charge in [0.15, 0.2) is 17.3 Å². The molecule has 0 saturated carbocycles. The highest BCUT2D eigenvalue weighted by Gasteiger charge is 2.19. The molecule has 0 aliphatic carbocycles. The molecule has 6 nitrogen and oxygen atoms in total. The summed E-state index contributed by atoms with van der Waals surface area (Å²) in [6, 6.07) is 5.65. The highest BCUT2D eigenvalue weighted by Crippen LogP contribution is 2.42. The van der Waals surface area contributed by atoms with E-state index in [2.05, 4.69) is 31.2 Å². The third kappa shape index (κ3) is 2.79. The largest absolute Gasteiger partial charge is 0.454 e. The molecule has 0 unspecified atom stereocenters. The van der Waals surface area contributed by atoms with Crippen LogP contribution >= 0.6 is 15.9 Å². The van der Waals surface area contributed by atoms with Crippen molar-refractivity contribution in [3.05, 3.63) is 28.4 Å². The lowest BCUT2D eigenvalue weighted by Gasteiger charge is -2.09. The number of hydrogen-bond acceptors (Lipinski definition) is 6. The van der Waals surface area contributed by atoms with Gasteiger partial charge in [-0.3, -0.25) is 0 Å². The van der Waals surface area contributed by atoms with Crippen LogP contribution in [-0.4, -0.2) is 30.9 Å². The van der Waals surface area contributed by atoms with Gasteiger partial charge in [0.2, 0.25) is 6.79 Å². The van der Waals surface area contributed by atoms with Crippen LogP contribution in [0.3, 0.4) is 0 Å². The molecule has 2 heterocycles. The maximum atomic E-state index is 5.43. The number of aromatic nitrogens is 2. The fraction of sp³-hybridized carbons (Fsp3) is 0.286. The van der Waals surface area contributed by atoms with Gasteiger partial charge in [-0.1, -0.05) is 0 Å². The molecule has 110 valence electrons. The molecule has 0 fully saturated rings. The summed E-state index contributed by atoms with van der Waals surface area (Å²) in [6.07, 6.45) is 0. The van der Waals surface area contributed by atoms with Crippen molar-refractivity contribution in [1.82, 2.24) is 9.97 Å². The maximum Gasteiger partial charge on any atom is 0.231 e. The first kappa shape index (κ1) is 14.1. The molecule has 0 amide bonds. The monoisotopic (exact) mass is 351 g/mol. The lowest BCUT2D eigenvalue weighted by molar-refractivity contribution is 0.173. The van der Waals surface area contributed by atoms with Gasteiger partial charge >= 0.3 is 0 Å². The van der Waals surface area contributed by atoms with Gasteiger partial charge in [-0.15, -0.1) is 0 Å². The van der Waals surface area contributed by atoms with Crippen LogP contribution in [0.2, 0.25) is 0 Å². The number of methoxy groups -OCH3 is 1. The minimum absolute atomic E-state index is 0.226. The molecule has 0 bridgehead atoms. The van der Waals surface area contributed by atoms with Gasteiger partial charge in [-0.05, 0) is 28.1 Å². The first-order chi connectivity index (χ1) is 10.2. The van der Waals surface area contributed by atoms with Gasteiger partial charge in [0.25, 0.3) is 0 Å². The molecule has 3 rings (SSSR count). The topological polar surface area (TPSA) is 65.5 Å². The van der Waals surface area contributed by atoms with Crippen molar-refractivity contribution in [2.75, 3.05) is 26.3 Å². The number of nitrogens with zero attached hydrogens (tertiary/aromatic N) is 2. The van der Waals surface area contributed by atoms with E-state index in [4.69, 9.17) is 14.2 Å². The first-order valence-electron chi connectivity index (χ1n) is 6.35. The van der Waals surface area contributed by atoms with Crippen molar-refractivity contribution < 1.29 is 14.2 Å². The van der Waals surface area contributed by atoms with E-state index < -0.39 is 0 Å². The molecule has 0 saturated heterocycles. The van der Waals surface area contributed by atoms with E-state index in [1.807, 2.05) is 25.2 Å². The predicted octanol–water partition coefficient (Wildman–Crippen LogP) is 2.82. The Labute approximate surface area is 130 Å². The molecule has 21 heavy (non-hydrogen) atoms. The standard InChI is InChI=1S/C14H14BrN3O3/c1-16-12-5-9(6-19-2)17-14(18-12)8-3-10(15)13-11(4-8)20-7-21-13/h3-5H,6-7H2,1-2H3,(H,16,17,18). The molecular formula is C14H14BrN3O3. The minimum atomic E-state index is 0.226. The summed E-state index contributed by atoms with van der Waals surface area (Å²) in [5.41, 5.74) is 1.65. The molecule has 7 heteroatoms. The van der Waals surface area contributed by atoms with Gasteiger partial charge in [0.05, 0.1) is 16.8 Å². The molecule has 0 radical (unpaired) electrons. The van der Waals surface area contributed by atoms with Crippen LogP contribution in [0.5, 0.6) is 11.5 Å². The van der Waals surface area contributed by atoms with Crippen LogP contribution in [0, 0.1) is 0 Å². The van der Waals surface area contributed by atoms with E-state index in [9.17, 15) is 0 Å². The Balaban J connectivity index is 2.07. The third-order valence-electron chi connectivity index (χ3n) is 3.01. The highest BCUT2D eigenvalue weighted by molar-refractivity contribution is 9.10. The van der Waals surface area contributed by atoms with Crippen molar-refractivity contribution in [2.24, 2.45) is 0 Å². The zero-order valence-electron chi connectivity index (χ0n) is 11.6. The number of ether oxygens (including phenoxy) is 3. The van der Waals surface area contributed by atoms with Gasteiger partial charge < -0.3 is 19.5 Å². The number of nitrogens with one attached hydrogen (secondary N) is 1. The fourth-order valence-electron chi connectivity index (χ4n) is 2.07. The third-order valence-corrected chi connectivity index (χ3v) is 3.60. The Morgan fingerprint density at radius 3 is 2.90 bits per heavy atom. The minimum Gasteiger partial charge on any atom is -0.454 e. The SMILES string of the molecule is CNc1cc(COC)nc(-c2cc(Br)c3c(c2)OCO3)n1. The molecule has 1 aliphatic rings. The van der Waals surface area contributed by atoms with Gasteiger partial charge in [-0.2, -0.15) is 0 Å². The van der Waals surface area contributed by atoms with Gasteiger partial charge in [0.1, 0.15) is 5.82 Å². The van der Waals surface area contributed by atoms with Crippen molar-refractivity contribution in [1.29, 1.82) is 0 Å². The van der Waals surface area contributed by atoms with Crippen LogP contribution in [0.15, 0.2) is 22.7 Å². The Morgan fingerprint density at radius 1 is 1.29 bits per heavy atom. The number of rotatable bonds is 4.